The van der Waals surface area contributed by atoms with Crippen molar-refractivity contribution in [2.24, 2.45) is 0 Å². The van der Waals surface area contributed by atoms with Crippen LogP contribution in [-0.4, -0.2) is 53.7 Å². The fourth-order valence-corrected chi connectivity index (χ4v) is 0.714. The Balaban J connectivity index is -0.0000000933. The van der Waals surface area contributed by atoms with Crippen molar-refractivity contribution in [1.82, 2.24) is 0 Å². The number of carboxylic acid groups (broad SMARTS) is 3. The molecule has 0 unspecified atom stereocenters. The molecule has 0 radical (unpaired) electrons. The summed E-state index contributed by atoms with van der Waals surface area (Å²) in [6.45, 7) is 0. The summed E-state index contributed by atoms with van der Waals surface area (Å²) >= 11 is 0. The molecule has 0 amide bonds. The third-order valence-corrected chi connectivity index (χ3v) is 1.29. The van der Waals surface area contributed by atoms with E-state index in [-0.39, 0.29) is 71.5 Å². The van der Waals surface area contributed by atoms with Crippen molar-refractivity contribution < 1.29 is 126 Å². The summed E-state index contributed by atoms with van der Waals surface area (Å²) in [5.41, 5.74) is -2.74. The molecule has 0 rings (SSSR count). The van der Waals surface area contributed by atoms with Crippen molar-refractivity contribution in [2.75, 3.05) is 0 Å². The zero-order chi connectivity index (χ0) is 15.1. The van der Waals surface area contributed by atoms with E-state index in [1.54, 1.807) is 0 Å². The molecule has 0 aliphatic heterocycles. The van der Waals surface area contributed by atoms with E-state index in [0.29, 0.717) is 0 Å². The van der Waals surface area contributed by atoms with E-state index in [2.05, 4.69) is 0 Å². The zero-order valence-corrected chi connectivity index (χ0v) is 16.6. The molecule has 0 saturated carbocycles. The van der Waals surface area contributed by atoms with Crippen molar-refractivity contribution in [1.29, 1.82) is 0 Å². The van der Waals surface area contributed by atoms with Gasteiger partial charge in [-0.25, -0.2) is 4.79 Å². The molecule has 0 bridgehead atoms. The number of carboxylic acids is 3. The summed E-state index contributed by atoms with van der Waals surface area (Å²) in [6.07, 6.45) is -2.29. The second-order valence-corrected chi connectivity index (χ2v) is 3.95. The maximum atomic E-state index is 10.3. The van der Waals surface area contributed by atoms with Gasteiger partial charge in [-0.1, -0.05) is 0 Å². The van der Waals surface area contributed by atoms with E-state index in [1.165, 1.54) is 0 Å². The predicted octanol–water partition coefficient (Wildman–Crippen LogP) is -11.8. The maximum Gasteiger partial charge on any atom is 1.00 e. The Morgan fingerprint density at radius 3 is 1.24 bits per heavy atom. The van der Waals surface area contributed by atoms with Gasteiger partial charge in [-0.05, 0) is 0 Å². The van der Waals surface area contributed by atoms with Crippen molar-refractivity contribution >= 4 is 25.7 Å². The number of hydrogen-bond donors (Lipinski definition) is 6. The van der Waals surface area contributed by atoms with E-state index in [4.69, 9.17) is 39.7 Å². The van der Waals surface area contributed by atoms with Gasteiger partial charge in [0.15, 0.2) is 5.60 Å². The van der Waals surface area contributed by atoms with Gasteiger partial charge in [0.05, 0.1) is 12.8 Å². The van der Waals surface area contributed by atoms with Crippen molar-refractivity contribution in [3.63, 3.8) is 0 Å². The van der Waals surface area contributed by atoms with Crippen LogP contribution in [0, 0.1) is 0 Å². The first-order valence-electron chi connectivity index (χ1n) is 3.94. The van der Waals surface area contributed by atoms with Crippen LogP contribution in [-0.2, 0) is 18.9 Å². The monoisotopic (exact) mass is 370 g/mol. The largest absolute Gasteiger partial charge is 1.00 e. The molecule has 21 heavy (non-hydrogen) atoms. The van der Waals surface area contributed by atoms with E-state index in [9.17, 15) is 14.4 Å². The van der Waals surface area contributed by atoms with Gasteiger partial charge in [-0.2, -0.15) is 0 Å². The van der Waals surface area contributed by atoms with Crippen molar-refractivity contribution in [3.05, 3.63) is 0 Å². The van der Waals surface area contributed by atoms with Gasteiger partial charge in [0.1, 0.15) is 0 Å². The standard InChI is InChI=1S/C6H8O7.ClH.2Na.H3O4P/c7-3(8)1-6(13,5(11)12)2-4(9)10;;;;1-5(2,3)4/h13H,1-2H2,(H,7,8)(H,9,10)(H,11,12);1H;;;(H3,1,2,3,4)/q;;2*+1;/p-2. The molecule has 0 spiro atoms. The number of aliphatic hydroxyl groups is 1. The van der Waals surface area contributed by atoms with Gasteiger partial charge in [0, 0.05) is 0 Å². The van der Waals surface area contributed by atoms with Crippen molar-refractivity contribution in [3.8, 4) is 0 Å². The average molecular weight is 371 g/mol. The molecule has 15 heteroatoms. The molecule has 0 heterocycles. The first-order chi connectivity index (χ1) is 7.78. The smallest absolute Gasteiger partial charge is 1.00 e. The number of halogens is 1. The molecule has 0 aromatic rings. The van der Waals surface area contributed by atoms with Crippen LogP contribution in [0.5, 0.6) is 0 Å². The van der Waals surface area contributed by atoms with E-state index in [0.717, 1.165) is 0 Å². The van der Waals surface area contributed by atoms with Crippen molar-refractivity contribution in [2.45, 2.75) is 18.4 Å². The molecule has 11 nitrogen and oxygen atoms in total. The first-order valence-corrected chi connectivity index (χ1v) is 5.47. The molecule has 114 valence electrons. The molecular formula is C6H10ClNa2O11P. The minimum atomic E-state index is -4.89. The summed E-state index contributed by atoms with van der Waals surface area (Å²) in [4.78, 5) is 53.4. The van der Waals surface area contributed by atoms with E-state index < -0.39 is 44.2 Å². The van der Waals surface area contributed by atoms with Gasteiger partial charge in [0.2, 0.25) is 0 Å². The Labute approximate surface area is 168 Å². The summed E-state index contributed by atoms with van der Waals surface area (Å²) in [5, 5.41) is 33.8. The van der Waals surface area contributed by atoms with Crippen LogP contribution in [0.25, 0.3) is 0 Å². The second-order valence-electron chi connectivity index (χ2n) is 2.97. The molecule has 6 N–H and O–H groups in total. The molecule has 0 aliphatic carbocycles. The van der Waals surface area contributed by atoms with Gasteiger partial charge in [0.25, 0.3) is 7.82 Å². The van der Waals surface area contributed by atoms with Gasteiger partial charge in [-0.3, -0.25) is 14.2 Å². The topological polar surface area (TPSA) is 213 Å². The zero-order valence-electron chi connectivity index (χ0n) is 11.0. The van der Waals surface area contributed by atoms with Gasteiger partial charge in [-0.15, -0.1) is 0 Å². The summed E-state index contributed by atoms with van der Waals surface area (Å²) in [5.74, 6) is -5.02. The number of aliphatic carboxylic acids is 3. The SMILES string of the molecule is O=C(O)CC(O)(CC(=O)O)C(=O)O.O=P([O-])(O)O.[Cl-].[Na+].[Na+]. The second kappa shape index (κ2) is 14.4. The van der Waals surface area contributed by atoms with Crippen LogP contribution >= 0.6 is 7.82 Å². The Kier molecular flexibility index (Phi) is 22.8. The predicted molar refractivity (Wildman–Crippen MR) is 49.1 cm³/mol. The van der Waals surface area contributed by atoms with E-state index in [1.807, 2.05) is 0 Å². The summed E-state index contributed by atoms with van der Waals surface area (Å²) in [6, 6.07) is 0. The quantitative estimate of drug-likeness (QED) is 0.197. The Hall–Kier alpha value is 0.770. The van der Waals surface area contributed by atoms with Crippen LogP contribution in [0.3, 0.4) is 0 Å². The van der Waals surface area contributed by atoms with Crippen LogP contribution in [0.1, 0.15) is 12.8 Å². The van der Waals surface area contributed by atoms with Crippen LogP contribution in [0.15, 0.2) is 0 Å². The van der Waals surface area contributed by atoms with Gasteiger partial charge < -0.3 is 47.5 Å². The Morgan fingerprint density at radius 2 is 1.14 bits per heavy atom. The third-order valence-electron chi connectivity index (χ3n) is 1.29. The normalized spacial score (nSPS) is 9.52. The number of rotatable bonds is 5. The van der Waals surface area contributed by atoms with Crippen LogP contribution in [0.2, 0.25) is 0 Å². The summed E-state index contributed by atoms with van der Waals surface area (Å²) in [7, 11) is -4.89. The first kappa shape index (κ1) is 33.4. The molecule has 0 aromatic carbocycles. The fourth-order valence-electron chi connectivity index (χ4n) is 0.714. The number of carbonyl (C=O) groups is 3. The molecule has 0 saturated heterocycles. The Bertz CT molecular complexity index is 359. The third kappa shape index (κ3) is 26.0. The molecule has 0 fully saturated rings. The van der Waals surface area contributed by atoms with Crippen LogP contribution in [0.4, 0.5) is 0 Å². The molecular weight excluding hydrogens is 360 g/mol. The maximum absolute atomic E-state index is 10.3. The Morgan fingerprint density at radius 1 is 0.952 bits per heavy atom. The van der Waals surface area contributed by atoms with Crippen LogP contribution < -0.4 is 76.4 Å². The summed E-state index contributed by atoms with van der Waals surface area (Å²) < 4.78 is 8.77. The minimum Gasteiger partial charge on any atom is -1.00 e. The van der Waals surface area contributed by atoms with Gasteiger partial charge >= 0.3 is 77.0 Å². The fraction of sp³-hybridized carbons (Fsp3) is 0.500. The number of phosphoric acid groups is 1. The van der Waals surface area contributed by atoms with E-state index >= 15 is 0 Å². The molecule has 0 aromatic heterocycles. The minimum absolute atomic E-state index is 0. The average Bonchev–Trinajstić information content (AvgIpc) is 1.95. The molecule has 0 atom stereocenters. The number of hydrogen-bond acceptors (Lipinski definition) is 6. The molecule has 0 aliphatic rings.